The van der Waals surface area contributed by atoms with Gasteiger partial charge in [0.2, 0.25) is 5.69 Å². The molecule has 0 fully saturated rings. The Labute approximate surface area is 182 Å². The second kappa shape index (κ2) is 10.1. The summed E-state index contributed by atoms with van der Waals surface area (Å²) < 4.78 is 10.5. The lowest BCUT2D eigenvalue weighted by atomic mass is 10.1. The van der Waals surface area contributed by atoms with Gasteiger partial charge in [-0.15, -0.1) is 5.10 Å². The third-order valence-electron chi connectivity index (χ3n) is 4.22. The van der Waals surface area contributed by atoms with E-state index in [0.29, 0.717) is 11.1 Å². The topological polar surface area (TPSA) is 139 Å². The first-order valence-corrected chi connectivity index (χ1v) is 9.53. The van der Waals surface area contributed by atoms with E-state index in [4.69, 9.17) is 9.47 Å². The number of hydrogen-bond donors (Lipinski definition) is 0. The molecule has 0 atom stereocenters. The van der Waals surface area contributed by atoms with Crippen LogP contribution < -0.4 is 4.74 Å². The number of hydrogen-bond acceptors (Lipinski definition) is 9. The summed E-state index contributed by atoms with van der Waals surface area (Å²) in [5.41, 5.74) is 1.69. The van der Waals surface area contributed by atoms with Crippen molar-refractivity contribution in [3.63, 3.8) is 0 Å². The number of benzene rings is 2. The Hall–Kier alpha value is -4.41. The van der Waals surface area contributed by atoms with E-state index in [1.54, 1.807) is 31.2 Å². The zero-order valence-electron chi connectivity index (χ0n) is 17.3. The molecule has 0 aliphatic rings. The number of nitrogens with zero attached hydrogens (tertiary/aromatic N) is 5. The molecule has 3 rings (SSSR count). The highest BCUT2D eigenvalue weighted by atomic mass is 16.6. The number of carbonyl (C=O) groups excluding carboxylic acids is 2. The molecule has 0 saturated heterocycles. The molecule has 164 valence electrons. The normalized spacial score (nSPS) is 10.8. The first-order valence-electron chi connectivity index (χ1n) is 9.53. The molecule has 0 saturated carbocycles. The molecule has 11 heteroatoms. The number of nitro groups is 1. The van der Waals surface area contributed by atoms with Gasteiger partial charge in [0.05, 0.1) is 17.7 Å². The van der Waals surface area contributed by atoms with E-state index in [1.165, 1.54) is 30.5 Å². The van der Waals surface area contributed by atoms with Crippen molar-refractivity contribution in [2.75, 3.05) is 13.2 Å². The first kappa shape index (κ1) is 22.3. The number of esters is 1. The summed E-state index contributed by atoms with van der Waals surface area (Å²) in [7, 11) is 0. The molecule has 0 aliphatic heterocycles. The Balaban J connectivity index is 1.82. The Morgan fingerprint density at radius 2 is 1.84 bits per heavy atom. The average molecular weight is 437 g/mol. The maximum atomic E-state index is 12.5. The smallest absolute Gasteiger partial charge is 0.364 e. The van der Waals surface area contributed by atoms with Crippen LogP contribution in [0.15, 0.2) is 53.6 Å². The van der Waals surface area contributed by atoms with Crippen molar-refractivity contribution in [2.45, 2.75) is 13.8 Å². The van der Waals surface area contributed by atoms with Crippen molar-refractivity contribution in [3.8, 4) is 5.88 Å². The molecule has 2 aromatic carbocycles. The van der Waals surface area contributed by atoms with Crippen LogP contribution in [0.1, 0.15) is 38.9 Å². The Bertz CT molecular complexity index is 1150. The maximum Gasteiger partial charge on any atom is 0.364 e. The average Bonchev–Trinajstić information content (AvgIpc) is 3.19. The van der Waals surface area contributed by atoms with Gasteiger partial charge in [0.1, 0.15) is 0 Å². The Kier molecular flexibility index (Phi) is 7.01. The summed E-state index contributed by atoms with van der Waals surface area (Å²) in [6, 6.07) is 12.6. The highest BCUT2D eigenvalue weighted by Crippen LogP contribution is 2.18. The summed E-state index contributed by atoms with van der Waals surface area (Å²) in [6.45, 7) is 3.27. The number of carbonyl (C=O) groups is 2. The fourth-order valence-corrected chi connectivity index (χ4v) is 2.55. The van der Waals surface area contributed by atoms with Gasteiger partial charge in [-0.3, -0.25) is 14.9 Å². The molecule has 0 bridgehead atoms. The van der Waals surface area contributed by atoms with E-state index in [1.807, 2.05) is 6.92 Å². The first-order chi connectivity index (χ1) is 15.4. The number of aryl methyl sites for hydroxylation is 1. The van der Waals surface area contributed by atoms with E-state index in [0.717, 1.165) is 10.4 Å². The van der Waals surface area contributed by atoms with Gasteiger partial charge in [-0.05, 0) is 36.8 Å². The lowest BCUT2D eigenvalue weighted by Crippen LogP contribution is -2.15. The minimum atomic E-state index is -0.776. The quantitative estimate of drug-likeness (QED) is 0.164. The molecule has 0 N–H and O–H groups in total. The molecule has 0 unspecified atom stereocenters. The van der Waals surface area contributed by atoms with E-state index in [2.05, 4.69) is 15.4 Å². The van der Waals surface area contributed by atoms with Gasteiger partial charge < -0.3 is 9.47 Å². The summed E-state index contributed by atoms with van der Waals surface area (Å²) in [4.78, 5) is 35.8. The third-order valence-corrected chi connectivity index (χ3v) is 4.22. The number of nitro benzene ring substituents is 1. The zero-order chi connectivity index (χ0) is 23.1. The van der Waals surface area contributed by atoms with Crippen LogP contribution in [0.5, 0.6) is 5.88 Å². The standard InChI is InChI=1S/C21H19N5O6/c1-3-31-21(28)19-20(32-13-18(27)16-8-4-14(2)5-9-16)25(24-23-19)22-12-15-6-10-17(11-7-15)26(29)30/h4-12H,3,13H2,1-2H3. The largest absolute Gasteiger partial charge is 0.466 e. The van der Waals surface area contributed by atoms with Gasteiger partial charge >= 0.3 is 5.97 Å². The SMILES string of the molecule is CCOC(=O)c1nnn(N=Cc2ccc([N+](=O)[O-])cc2)c1OCC(=O)c1ccc(C)cc1. The number of rotatable bonds is 9. The van der Waals surface area contributed by atoms with Gasteiger partial charge in [0.15, 0.2) is 12.4 Å². The highest BCUT2D eigenvalue weighted by Gasteiger charge is 2.24. The monoisotopic (exact) mass is 437 g/mol. The van der Waals surface area contributed by atoms with Crippen LogP contribution in [-0.4, -0.2) is 51.2 Å². The summed E-state index contributed by atoms with van der Waals surface area (Å²) >= 11 is 0. The van der Waals surface area contributed by atoms with E-state index in [9.17, 15) is 19.7 Å². The van der Waals surface area contributed by atoms with Crippen LogP contribution in [0, 0.1) is 17.0 Å². The van der Waals surface area contributed by atoms with Gasteiger partial charge in [-0.2, -0.15) is 5.10 Å². The molecule has 0 spiro atoms. The number of aromatic nitrogens is 3. The number of ether oxygens (including phenoxy) is 2. The van der Waals surface area contributed by atoms with Crippen LogP contribution in [-0.2, 0) is 4.74 Å². The predicted octanol–water partition coefficient (Wildman–Crippen LogP) is 2.82. The fourth-order valence-electron chi connectivity index (χ4n) is 2.55. The molecular formula is C21H19N5O6. The van der Waals surface area contributed by atoms with Gasteiger partial charge in [0, 0.05) is 17.7 Å². The number of ketones is 1. The van der Waals surface area contributed by atoms with Crippen LogP contribution in [0.4, 0.5) is 5.69 Å². The summed E-state index contributed by atoms with van der Waals surface area (Å²) in [6.07, 6.45) is 1.35. The molecule has 1 aromatic heterocycles. The molecule has 3 aromatic rings. The maximum absolute atomic E-state index is 12.5. The van der Waals surface area contributed by atoms with Crippen LogP contribution in [0.3, 0.4) is 0 Å². The van der Waals surface area contributed by atoms with Gasteiger partial charge in [-0.1, -0.05) is 34.6 Å². The summed E-state index contributed by atoms with van der Waals surface area (Å²) in [5.74, 6) is -1.25. The van der Waals surface area contributed by atoms with E-state index in [-0.39, 0.29) is 36.3 Å². The van der Waals surface area contributed by atoms with Crippen molar-refractivity contribution in [1.82, 2.24) is 15.1 Å². The second-order valence-electron chi connectivity index (χ2n) is 6.52. The second-order valence-corrected chi connectivity index (χ2v) is 6.52. The molecule has 32 heavy (non-hydrogen) atoms. The highest BCUT2D eigenvalue weighted by molar-refractivity contribution is 5.97. The van der Waals surface area contributed by atoms with Crippen LogP contribution in [0.2, 0.25) is 0 Å². The van der Waals surface area contributed by atoms with Crippen molar-refractivity contribution in [3.05, 3.63) is 81.0 Å². The molecule has 0 aliphatic carbocycles. The number of non-ortho nitro benzene ring substituents is 1. The fraction of sp³-hybridized carbons (Fsp3) is 0.190. The van der Waals surface area contributed by atoms with E-state index < -0.39 is 10.9 Å². The van der Waals surface area contributed by atoms with Gasteiger partial charge in [0.25, 0.3) is 11.6 Å². The lowest BCUT2D eigenvalue weighted by Gasteiger charge is -2.07. The van der Waals surface area contributed by atoms with E-state index >= 15 is 0 Å². The zero-order valence-corrected chi connectivity index (χ0v) is 17.3. The lowest BCUT2D eigenvalue weighted by molar-refractivity contribution is -0.384. The van der Waals surface area contributed by atoms with Crippen molar-refractivity contribution < 1.29 is 24.0 Å². The summed E-state index contributed by atoms with van der Waals surface area (Å²) in [5, 5.41) is 22.4. The minimum absolute atomic E-state index is 0.0638. The number of Topliss-reactive ketones (excluding diaryl/α,β-unsaturated/α-hetero) is 1. The van der Waals surface area contributed by atoms with Crippen molar-refractivity contribution >= 4 is 23.7 Å². The molecule has 1 heterocycles. The van der Waals surface area contributed by atoms with Crippen LogP contribution in [0.25, 0.3) is 0 Å². The third kappa shape index (κ3) is 5.39. The Morgan fingerprint density at radius 3 is 2.47 bits per heavy atom. The predicted molar refractivity (Wildman–Crippen MR) is 113 cm³/mol. The molecular weight excluding hydrogens is 418 g/mol. The molecule has 0 amide bonds. The molecule has 0 radical (unpaired) electrons. The van der Waals surface area contributed by atoms with Crippen LogP contribution >= 0.6 is 0 Å². The van der Waals surface area contributed by atoms with Crippen molar-refractivity contribution in [2.24, 2.45) is 5.10 Å². The van der Waals surface area contributed by atoms with Gasteiger partial charge in [-0.25, -0.2) is 4.79 Å². The Morgan fingerprint density at radius 1 is 1.16 bits per heavy atom. The molecule has 11 nitrogen and oxygen atoms in total. The van der Waals surface area contributed by atoms with Crippen molar-refractivity contribution in [1.29, 1.82) is 0 Å². The minimum Gasteiger partial charge on any atom is -0.466 e.